The van der Waals surface area contributed by atoms with Gasteiger partial charge in [0, 0.05) is 47.0 Å². The number of urea groups is 1. The number of ether oxygens (including phenoxy) is 1. The van der Waals surface area contributed by atoms with Crippen LogP contribution in [0.25, 0.3) is 0 Å². The summed E-state index contributed by atoms with van der Waals surface area (Å²) in [6.45, 7) is 2.88. The summed E-state index contributed by atoms with van der Waals surface area (Å²) in [6, 6.07) is 5.66. The van der Waals surface area contributed by atoms with Gasteiger partial charge in [0.2, 0.25) is 0 Å². The molecule has 0 radical (unpaired) electrons. The number of rotatable bonds is 3. The number of carbonyl (C=O) groups excluding carboxylic acids is 2. The van der Waals surface area contributed by atoms with Crippen molar-refractivity contribution in [3.8, 4) is 0 Å². The van der Waals surface area contributed by atoms with Crippen molar-refractivity contribution in [2.24, 2.45) is 0 Å². The molecule has 8 nitrogen and oxygen atoms in total. The number of carbonyl (C=O) groups is 2. The molecule has 0 aliphatic carbocycles. The molecule has 27 heavy (non-hydrogen) atoms. The first-order valence-electron chi connectivity index (χ1n) is 9.27. The van der Waals surface area contributed by atoms with Gasteiger partial charge >= 0.3 is 6.03 Å². The lowest BCUT2D eigenvalue weighted by Gasteiger charge is -2.43. The predicted octanol–water partition coefficient (Wildman–Crippen LogP) is 0.497. The lowest BCUT2D eigenvalue weighted by molar-refractivity contribution is -0.174. The summed E-state index contributed by atoms with van der Waals surface area (Å²) < 4.78 is 6.32. The van der Waals surface area contributed by atoms with E-state index >= 15 is 0 Å². The highest BCUT2D eigenvalue weighted by Gasteiger charge is 2.48. The fraction of sp³-hybridized carbons (Fsp3) is 0.632. The van der Waals surface area contributed by atoms with Crippen molar-refractivity contribution in [3.05, 3.63) is 30.1 Å². The third-order valence-electron chi connectivity index (χ3n) is 5.17. The van der Waals surface area contributed by atoms with Crippen molar-refractivity contribution in [2.75, 3.05) is 54.4 Å². The maximum Gasteiger partial charge on any atom is 0.319 e. The quantitative estimate of drug-likeness (QED) is 0.769. The topological polar surface area (TPSA) is 69.2 Å². The van der Waals surface area contributed by atoms with E-state index in [-0.39, 0.29) is 11.9 Å². The van der Waals surface area contributed by atoms with Gasteiger partial charge in [0.25, 0.3) is 5.91 Å². The Morgan fingerprint density at radius 1 is 1.30 bits per heavy atom. The molecule has 1 aromatic rings. The molecule has 3 heterocycles. The lowest BCUT2D eigenvalue weighted by Crippen LogP contribution is -2.59. The SMILES string of the molecule is CN1CC(C(=O)N(C)Cc2ccccn2)OC2(CCN(C(=O)N(C)C)C2)C1. The van der Waals surface area contributed by atoms with Crippen molar-refractivity contribution in [2.45, 2.75) is 24.7 Å². The molecular weight excluding hydrogens is 346 g/mol. The van der Waals surface area contributed by atoms with Crippen molar-refractivity contribution in [3.63, 3.8) is 0 Å². The second-order valence-corrected chi connectivity index (χ2v) is 7.85. The van der Waals surface area contributed by atoms with E-state index in [9.17, 15) is 9.59 Å². The second kappa shape index (κ2) is 7.82. The molecule has 1 aromatic heterocycles. The Balaban J connectivity index is 1.66. The molecule has 2 aliphatic rings. The number of amides is 3. The zero-order chi connectivity index (χ0) is 19.6. The normalized spacial score (nSPS) is 25.6. The Hall–Kier alpha value is -2.19. The Morgan fingerprint density at radius 3 is 2.74 bits per heavy atom. The summed E-state index contributed by atoms with van der Waals surface area (Å²) in [6.07, 6.45) is 1.93. The number of aromatic nitrogens is 1. The average Bonchev–Trinajstić information content (AvgIpc) is 3.03. The zero-order valence-corrected chi connectivity index (χ0v) is 16.6. The smallest absolute Gasteiger partial charge is 0.319 e. The van der Waals surface area contributed by atoms with Crippen LogP contribution in [0.2, 0.25) is 0 Å². The highest BCUT2D eigenvalue weighted by atomic mass is 16.5. The standard InChI is InChI=1S/C19H29N5O3/c1-21(2)18(26)24-10-8-19(14-24)13-22(3)12-16(27-19)17(25)23(4)11-15-7-5-6-9-20-15/h5-7,9,16H,8,10-14H2,1-4H3. The summed E-state index contributed by atoms with van der Waals surface area (Å²) in [7, 11) is 7.28. The van der Waals surface area contributed by atoms with E-state index in [1.807, 2.05) is 25.2 Å². The van der Waals surface area contributed by atoms with Crippen LogP contribution in [0.15, 0.2) is 24.4 Å². The van der Waals surface area contributed by atoms with E-state index in [1.165, 1.54) is 0 Å². The molecule has 0 aromatic carbocycles. The largest absolute Gasteiger partial charge is 0.357 e. The second-order valence-electron chi connectivity index (χ2n) is 7.85. The minimum Gasteiger partial charge on any atom is -0.357 e. The molecule has 0 bridgehead atoms. The van der Waals surface area contributed by atoms with E-state index in [1.54, 1.807) is 42.0 Å². The fourth-order valence-corrected chi connectivity index (χ4v) is 3.92. The molecule has 2 unspecified atom stereocenters. The van der Waals surface area contributed by atoms with E-state index in [4.69, 9.17) is 4.74 Å². The number of nitrogens with zero attached hydrogens (tertiary/aromatic N) is 5. The van der Waals surface area contributed by atoms with Crippen LogP contribution in [0.1, 0.15) is 12.1 Å². The minimum atomic E-state index is -0.535. The van der Waals surface area contributed by atoms with Crippen molar-refractivity contribution in [1.82, 2.24) is 24.6 Å². The van der Waals surface area contributed by atoms with Gasteiger partial charge in [-0.3, -0.25) is 9.78 Å². The number of likely N-dealkylation sites (tertiary alicyclic amines) is 1. The first kappa shape index (κ1) is 19.6. The van der Waals surface area contributed by atoms with E-state index < -0.39 is 11.7 Å². The highest BCUT2D eigenvalue weighted by molar-refractivity contribution is 5.81. The van der Waals surface area contributed by atoms with Crippen LogP contribution >= 0.6 is 0 Å². The van der Waals surface area contributed by atoms with Gasteiger partial charge in [-0.05, 0) is 25.6 Å². The maximum absolute atomic E-state index is 13.0. The Kier molecular flexibility index (Phi) is 5.67. The van der Waals surface area contributed by atoms with Crippen LogP contribution in [0, 0.1) is 0 Å². The predicted molar refractivity (Wildman–Crippen MR) is 101 cm³/mol. The summed E-state index contributed by atoms with van der Waals surface area (Å²) in [5.41, 5.74) is 0.362. The summed E-state index contributed by atoms with van der Waals surface area (Å²) in [5.74, 6) is -0.0519. The molecule has 0 saturated carbocycles. The molecule has 148 valence electrons. The van der Waals surface area contributed by atoms with Crippen molar-refractivity contribution >= 4 is 11.9 Å². The summed E-state index contributed by atoms with van der Waals surface area (Å²) >= 11 is 0. The molecule has 2 saturated heterocycles. The summed E-state index contributed by atoms with van der Waals surface area (Å²) in [5, 5.41) is 0. The Labute approximate surface area is 160 Å². The number of morpholine rings is 1. The number of hydrogen-bond acceptors (Lipinski definition) is 5. The van der Waals surface area contributed by atoms with Crippen LogP contribution in [0.3, 0.4) is 0 Å². The van der Waals surface area contributed by atoms with Crippen LogP contribution in [-0.2, 0) is 16.1 Å². The monoisotopic (exact) mass is 375 g/mol. The van der Waals surface area contributed by atoms with Crippen molar-refractivity contribution in [1.29, 1.82) is 0 Å². The highest BCUT2D eigenvalue weighted by Crippen LogP contribution is 2.32. The lowest BCUT2D eigenvalue weighted by atomic mass is 9.99. The fourth-order valence-electron chi connectivity index (χ4n) is 3.92. The third kappa shape index (κ3) is 4.39. The first-order valence-corrected chi connectivity index (χ1v) is 9.27. The molecule has 2 atom stereocenters. The minimum absolute atomic E-state index is 0.0150. The molecular formula is C19H29N5O3. The number of likely N-dealkylation sites (N-methyl/N-ethyl adjacent to an activating group) is 2. The van der Waals surface area contributed by atoms with E-state index in [2.05, 4.69) is 9.88 Å². The average molecular weight is 375 g/mol. The molecule has 1 spiro atoms. The molecule has 3 amide bonds. The van der Waals surface area contributed by atoms with Gasteiger partial charge < -0.3 is 24.3 Å². The molecule has 8 heteroatoms. The van der Waals surface area contributed by atoms with Crippen LogP contribution in [0.4, 0.5) is 4.79 Å². The van der Waals surface area contributed by atoms with Crippen LogP contribution < -0.4 is 0 Å². The van der Waals surface area contributed by atoms with Gasteiger partial charge in [0.05, 0.1) is 18.8 Å². The van der Waals surface area contributed by atoms with Crippen LogP contribution in [0.5, 0.6) is 0 Å². The Bertz CT molecular complexity index is 683. The molecule has 0 N–H and O–H groups in total. The van der Waals surface area contributed by atoms with Gasteiger partial charge in [-0.1, -0.05) is 6.07 Å². The first-order chi connectivity index (χ1) is 12.8. The van der Waals surface area contributed by atoms with Gasteiger partial charge in [-0.2, -0.15) is 0 Å². The molecule has 2 fully saturated rings. The number of hydrogen-bond donors (Lipinski definition) is 0. The molecule has 2 aliphatic heterocycles. The zero-order valence-electron chi connectivity index (χ0n) is 16.6. The van der Waals surface area contributed by atoms with Gasteiger partial charge in [0.15, 0.2) is 0 Å². The van der Waals surface area contributed by atoms with Gasteiger partial charge in [0.1, 0.15) is 11.7 Å². The third-order valence-corrected chi connectivity index (χ3v) is 5.17. The van der Waals surface area contributed by atoms with Gasteiger partial charge in [-0.15, -0.1) is 0 Å². The molecule has 3 rings (SSSR count). The van der Waals surface area contributed by atoms with Crippen molar-refractivity contribution < 1.29 is 14.3 Å². The number of pyridine rings is 1. The van der Waals surface area contributed by atoms with E-state index in [0.29, 0.717) is 26.2 Å². The Morgan fingerprint density at radius 2 is 2.07 bits per heavy atom. The van der Waals surface area contributed by atoms with Crippen LogP contribution in [-0.4, -0.2) is 103 Å². The maximum atomic E-state index is 13.0. The van der Waals surface area contributed by atoms with E-state index in [0.717, 1.165) is 18.7 Å². The summed E-state index contributed by atoms with van der Waals surface area (Å²) in [4.78, 5) is 36.7. The van der Waals surface area contributed by atoms with Gasteiger partial charge in [-0.25, -0.2) is 4.79 Å².